The van der Waals surface area contributed by atoms with Crippen LogP contribution < -0.4 is 0 Å². The molecule has 3 nitrogen and oxygen atoms in total. The van der Waals surface area contributed by atoms with Crippen molar-refractivity contribution in [3.05, 3.63) is 65.2 Å². The Kier molecular flexibility index (Phi) is 4.64. The second kappa shape index (κ2) is 6.46. The number of aryl methyl sites for hydroxylation is 1. The molecule has 0 bridgehead atoms. The Morgan fingerprint density at radius 2 is 1.80 bits per heavy atom. The average Bonchev–Trinajstić information content (AvgIpc) is 2.60. The molecule has 3 rings (SSSR count). The van der Waals surface area contributed by atoms with Crippen molar-refractivity contribution < 1.29 is 21.6 Å². The molecular formula is C18H18F3NO2S. The van der Waals surface area contributed by atoms with E-state index < -0.39 is 21.8 Å². The van der Waals surface area contributed by atoms with Gasteiger partial charge in [0, 0.05) is 13.1 Å². The molecule has 134 valence electrons. The molecule has 2 aromatic carbocycles. The van der Waals surface area contributed by atoms with Crippen LogP contribution in [-0.4, -0.2) is 19.8 Å². The highest BCUT2D eigenvalue weighted by molar-refractivity contribution is 7.89. The Morgan fingerprint density at radius 1 is 1.08 bits per heavy atom. The molecule has 1 atom stereocenters. The molecule has 0 N–H and O–H groups in total. The molecule has 7 heteroatoms. The van der Waals surface area contributed by atoms with E-state index in [1.165, 1.54) is 17.4 Å². The number of alkyl halides is 3. The van der Waals surface area contributed by atoms with Crippen molar-refractivity contribution in [1.29, 1.82) is 0 Å². The largest absolute Gasteiger partial charge is 0.416 e. The van der Waals surface area contributed by atoms with Crippen LogP contribution in [0, 0.1) is 0 Å². The maximum atomic E-state index is 12.9. The van der Waals surface area contributed by atoms with E-state index in [0.717, 1.165) is 36.1 Å². The number of benzene rings is 2. The molecule has 2 aromatic rings. The van der Waals surface area contributed by atoms with Gasteiger partial charge in [-0.2, -0.15) is 17.5 Å². The van der Waals surface area contributed by atoms with Crippen LogP contribution in [0.4, 0.5) is 13.2 Å². The first-order chi connectivity index (χ1) is 11.7. The molecule has 0 saturated carbocycles. The molecule has 0 unspecified atom stereocenters. The smallest absolute Gasteiger partial charge is 0.207 e. The Labute approximate surface area is 145 Å². The highest BCUT2D eigenvalue weighted by Crippen LogP contribution is 2.37. The molecule has 0 aromatic heterocycles. The van der Waals surface area contributed by atoms with Crippen LogP contribution in [-0.2, 0) is 22.6 Å². The lowest BCUT2D eigenvalue weighted by atomic mass is 9.88. The van der Waals surface area contributed by atoms with Crippen LogP contribution in [0.2, 0.25) is 0 Å². The van der Waals surface area contributed by atoms with E-state index in [1.54, 1.807) is 0 Å². The van der Waals surface area contributed by atoms with E-state index >= 15 is 0 Å². The summed E-state index contributed by atoms with van der Waals surface area (Å²) in [4.78, 5) is -0.340. The minimum atomic E-state index is -4.58. The normalized spacial score (nSPS) is 18.2. The van der Waals surface area contributed by atoms with Crippen molar-refractivity contribution >= 4 is 10.0 Å². The summed E-state index contributed by atoms with van der Waals surface area (Å²) < 4.78 is 65.7. The quantitative estimate of drug-likeness (QED) is 0.804. The van der Waals surface area contributed by atoms with Crippen molar-refractivity contribution in [1.82, 2.24) is 4.31 Å². The van der Waals surface area contributed by atoms with Gasteiger partial charge in [-0.15, -0.1) is 0 Å². The number of halogens is 3. The summed E-state index contributed by atoms with van der Waals surface area (Å²) in [6, 6.07) is 11.1. The fraction of sp³-hybridized carbons (Fsp3) is 0.333. The summed E-state index contributed by atoms with van der Waals surface area (Å²) in [5.41, 5.74) is 1.04. The van der Waals surface area contributed by atoms with Crippen molar-refractivity contribution in [2.24, 2.45) is 0 Å². The maximum absolute atomic E-state index is 12.9. The second-order valence-corrected chi connectivity index (χ2v) is 8.15. The van der Waals surface area contributed by atoms with Gasteiger partial charge in [-0.25, -0.2) is 8.42 Å². The summed E-state index contributed by atoms with van der Waals surface area (Å²) in [6.45, 7) is 0. The molecule has 0 radical (unpaired) electrons. The lowest BCUT2D eigenvalue weighted by molar-refractivity contribution is -0.137. The van der Waals surface area contributed by atoms with Crippen LogP contribution in [0.5, 0.6) is 0 Å². The molecule has 0 spiro atoms. The third-order valence-electron chi connectivity index (χ3n) is 4.62. The molecule has 0 aliphatic heterocycles. The standard InChI is InChI=1S/C18H18F3NO2S/c1-22(17-11-4-7-13-6-2-3-10-16(13)17)25(23,24)15-9-5-8-14(12-15)18(19,20)21/h2-3,5-6,8-10,12,17H,4,7,11H2,1H3/t17-/m0/s1. The van der Waals surface area contributed by atoms with Crippen molar-refractivity contribution in [3.8, 4) is 0 Å². The number of sulfonamides is 1. The van der Waals surface area contributed by atoms with E-state index in [2.05, 4.69) is 0 Å². The molecule has 1 aliphatic carbocycles. The molecule has 0 heterocycles. The number of fused-ring (bicyclic) bond motifs is 1. The summed E-state index contributed by atoms with van der Waals surface area (Å²) in [5.74, 6) is 0. The number of hydrogen-bond acceptors (Lipinski definition) is 2. The van der Waals surface area contributed by atoms with Gasteiger partial charge in [-0.05, 0) is 48.6 Å². The molecule has 0 fully saturated rings. The highest BCUT2D eigenvalue weighted by Gasteiger charge is 2.35. The Balaban J connectivity index is 1.99. The SMILES string of the molecule is CN([C@H]1CCCc2ccccc21)S(=O)(=O)c1cccc(C(F)(F)F)c1. The Hall–Kier alpha value is -1.86. The summed E-state index contributed by atoms with van der Waals surface area (Å²) >= 11 is 0. The van der Waals surface area contributed by atoms with Crippen LogP contribution in [0.15, 0.2) is 53.4 Å². The van der Waals surface area contributed by atoms with Gasteiger partial charge >= 0.3 is 6.18 Å². The van der Waals surface area contributed by atoms with Gasteiger partial charge in [-0.1, -0.05) is 30.3 Å². The fourth-order valence-corrected chi connectivity index (χ4v) is 4.69. The molecule has 0 saturated heterocycles. The van der Waals surface area contributed by atoms with Crippen molar-refractivity contribution in [2.45, 2.75) is 36.4 Å². The fourth-order valence-electron chi connectivity index (χ4n) is 3.27. The second-order valence-electron chi connectivity index (χ2n) is 6.15. The van der Waals surface area contributed by atoms with Crippen LogP contribution >= 0.6 is 0 Å². The van der Waals surface area contributed by atoms with Gasteiger partial charge in [0.1, 0.15) is 0 Å². The van der Waals surface area contributed by atoms with E-state index in [-0.39, 0.29) is 10.9 Å². The number of nitrogens with zero attached hydrogens (tertiary/aromatic N) is 1. The summed E-state index contributed by atoms with van der Waals surface area (Å²) in [7, 11) is -2.60. The lowest BCUT2D eigenvalue weighted by Crippen LogP contribution is -2.33. The molecule has 1 aliphatic rings. The Bertz CT molecular complexity index is 878. The van der Waals surface area contributed by atoms with E-state index in [4.69, 9.17) is 0 Å². The first-order valence-electron chi connectivity index (χ1n) is 7.94. The topological polar surface area (TPSA) is 37.4 Å². The summed E-state index contributed by atoms with van der Waals surface area (Å²) in [6.07, 6.45) is -2.22. The monoisotopic (exact) mass is 369 g/mol. The van der Waals surface area contributed by atoms with E-state index in [1.807, 2.05) is 24.3 Å². The van der Waals surface area contributed by atoms with Gasteiger partial charge in [0.25, 0.3) is 0 Å². The first-order valence-corrected chi connectivity index (χ1v) is 9.38. The third-order valence-corrected chi connectivity index (χ3v) is 6.48. The molecule has 25 heavy (non-hydrogen) atoms. The third kappa shape index (κ3) is 3.43. The Morgan fingerprint density at radius 3 is 2.52 bits per heavy atom. The summed E-state index contributed by atoms with van der Waals surface area (Å²) in [5, 5.41) is 0. The van der Waals surface area contributed by atoms with Crippen molar-refractivity contribution in [3.63, 3.8) is 0 Å². The van der Waals surface area contributed by atoms with Crippen molar-refractivity contribution in [2.75, 3.05) is 7.05 Å². The van der Waals surface area contributed by atoms with Crippen LogP contribution in [0.25, 0.3) is 0 Å². The van der Waals surface area contributed by atoms with Gasteiger partial charge in [0.2, 0.25) is 10.0 Å². The van der Waals surface area contributed by atoms with Gasteiger partial charge in [0.05, 0.1) is 10.5 Å². The zero-order chi connectivity index (χ0) is 18.2. The van der Waals surface area contributed by atoms with Crippen LogP contribution in [0.3, 0.4) is 0 Å². The molecule has 0 amide bonds. The van der Waals surface area contributed by atoms with Gasteiger partial charge < -0.3 is 0 Å². The predicted molar refractivity (Wildman–Crippen MR) is 88.5 cm³/mol. The van der Waals surface area contributed by atoms with E-state index in [0.29, 0.717) is 12.5 Å². The minimum Gasteiger partial charge on any atom is -0.207 e. The number of rotatable bonds is 3. The first kappa shape index (κ1) is 17.9. The van der Waals surface area contributed by atoms with Gasteiger partial charge in [0.15, 0.2) is 0 Å². The zero-order valence-corrected chi connectivity index (χ0v) is 14.4. The zero-order valence-electron chi connectivity index (χ0n) is 13.6. The number of hydrogen-bond donors (Lipinski definition) is 0. The van der Waals surface area contributed by atoms with E-state index in [9.17, 15) is 21.6 Å². The maximum Gasteiger partial charge on any atom is 0.416 e. The molecular weight excluding hydrogens is 351 g/mol. The minimum absolute atomic E-state index is 0.340. The highest BCUT2D eigenvalue weighted by atomic mass is 32.2. The van der Waals surface area contributed by atoms with Gasteiger partial charge in [-0.3, -0.25) is 0 Å². The average molecular weight is 369 g/mol. The van der Waals surface area contributed by atoms with Crippen LogP contribution in [0.1, 0.15) is 35.6 Å². The lowest BCUT2D eigenvalue weighted by Gasteiger charge is -2.32. The predicted octanol–water partition coefficient (Wildman–Crippen LogP) is 4.40.